The van der Waals surface area contributed by atoms with Gasteiger partial charge >= 0.3 is 0 Å². The fourth-order valence-electron chi connectivity index (χ4n) is 2.64. The Kier molecular flexibility index (Phi) is 7.41. The number of carbonyl (C=O) groups is 2. The first-order valence-corrected chi connectivity index (χ1v) is 10.1. The van der Waals surface area contributed by atoms with Gasteiger partial charge in [0.05, 0.1) is 0 Å². The minimum atomic E-state index is -0.450. The van der Waals surface area contributed by atoms with E-state index in [0.29, 0.717) is 27.8 Å². The maximum absolute atomic E-state index is 12.4. The lowest BCUT2D eigenvalue weighted by Crippen LogP contribution is -2.34. The summed E-state index contributed by atoms with van der Waals surface area (Å²) in [6.45, 7) is 0.425. The number of halogens is 2. The zero-order valence-corrected chi connectivity index (χ0v) is 17.9. The van der Waals surface area contributed by atoms with E-state index < -0.39 is 5.91 Å². The van der Waals surface area contributed by atoms with Crippen LogP contribution in [0.3, 0.4) is 0 Å². The van der Waals surface area contributed by atoms with E-state index in [1.807, 2.05) is 30.3 Å². The van der Waals surface area contributed by atoms with Crippen molar-refractivity contribution in [3.63, 3.8) is 0 Å². The van der Waals surface area contributed by atoms with Crippen LogP contribution in [0.15, 0.2) is 72.8 Å². The third kappa shape index (κ3) is 6.29. The summed E-state index contributed by atoms with van der Waals surface area (Å²) in [4.78, 5) is 24.7. The smallest absolute Gasteiger partial charge is 0.257 e. The molecule has 0 unspecified atom stereocenters. The molecule has 0 aliphatic rings. The maximum atomic E-state index is 12.4. The number of thiocarbonyl (C=S) groups is 1. The van der Waals surface area contributed by atoms with Crippen LogP contribution in [0, 0.1) is 0 Å². The van der Waals surface area contributed by atoms with Crippen molar-refractivity contribution in [2.45, 2.75) is 6.54 Å². The average Bonchev–Trinajstić information content (AvgIpc) is 2.72. The molecule has 0 heterocycles. The molecule has 2 amide bonds. The van der Waals surface area contributed by atoms with Crippen LogP contribution < -0.4 is 16.0 Å². The molecular weight excluding hydrogens is 441 g/mol. The third-order valence-corrected chi connectivity index (χ3v) is 4.67. The third-order valence-electron chi connectivity index (χ3n) is 4.03. The van der Waals surface area contributed by atoms with Crippen LogP contribution in [0.1, 0.15) is 26.3 Å². The molecule has 0 saturated heterocycles. The summed E-state index contributed by atoms with van der Waals surface area (Å²) < 4.78 is 0. The van der Waals surface area contributed by atoms with Gasteiger partial charge < -0.3 is 10.6 Å². The average molecular weight is 458 g/mol. The fraction of sp³-hybridized carbons (Fsp3) is 0.0455. The van der Waals surface area contributed by atoms with Gasteiger partial charge in [0.25, 0.3) is 11.8 Å². The molecule has 152 valence electrons. The van der Waals surface area contributed by atoms with E-state index in [-0.39, 0.29) is 16.6 Å². The van der Waals surface area contributed by atoms with Crippen LogP contribution in [0.5, 0.6) is 0 Å². The molecule has 3 aromatic rings. The second-order valence-electron chi connectivity index (χ2n) is 6.32. The second kappa shape index (κ2) is 10.2. The number of benzene rings is 3. The van der Waals surface area contributed by atoms with Crippen LogP contribution in [0.4, 0.5) is 5.69 Å². The number of anilines is 1. The van der Waals surface area contributed by atoms with E-state index in [1.165, 1.54) is 18.2 Å². The standard InChI is InChI=1S/C22H17Cl2N3O2S/c23-17-9-16(10-18(24)12-17)21(29)27-22(30)26-19-8-4-7-15(11-19)20(28)25-13-14-5-2-1-3-6-14/h1-12H,13H2,(H,25,28)(H2,26,27,29,30). The van der Waals surface area contributed by atoms with Crippen LogP contribution in [-0.2, 0) is 6.54 Å². The summed E-state index contributed by atoms with van der Waals surface area (Å²) in [5, 5.41) is 9.10. The van der Waals surface area contributed by atoms with Gasteiger partial charge in [-0.25, -0.2) is 0 Å². The van der Waals surface area contributed by atoms with Crippen LogP contribution in [0.25, 0.3) is 0 Å². The Labute approximate surface area is 189 Å². The summed E-state index contributed by atoms with van der Waals surface area (Å²) >= 11 is 17.0. The molecule has 0 atom stereocenters. The fourth-order valence-corrected chi connectivity index (χ4v) is 3.38. The lowest BCUT2D eigenvalue weighted by atomic mass is 10.1. The Morgan fingerprint density at radius 1 is 0.800 bits per heavy atom. The molecular formula is C22H17Cl2N3O2S. The summed E-state index contributed by atoms with van der Waals surface area (Å²) in [6.07, 6.45) is 0. The Morgan fingerprint density at radius 3 is 2.20 bits per heavy atom. The Hall–Kier alpha value is -2.93. The molecule has 0 radical (unpaired) electrons. The van der Waals surface area contributed by atoms with Gasteiger partial charge in [0, 0.05) is 33.4 Å². The van der Waals surface area contributed by atoms with Crippen molar-refractivity contribution in [1.29, 1.82) is 0 Å². The van der Waals surface area contributed by atoms with Crippen molar-refractivity contribution in [3.05, 3.63) is 99.5 Å². The maximum Gasteiger partial charge on any atom is 0.257 e. The second-order valence-corrected chi connectivity index (χ2v) is 7.60. The van der Waals surface area contributed by atoms with Crippen molar-refractivity contribution in [2.75, 3.05) is 5.32 Å². The lowest BCUT2D eigenvalue weighted by molar-refractivity contribution is 0.0948. The molecule has 3 N–H and O–H groups in total. The SMILES string of the molecule is O=C(NCc1ccccc1)c1cccc(NC(=S)NC(=O)c2cc(Cl)cc(Cl)c2)c1. The highest BCUT2D eigenvalue weighted by Crippen LogP contribution is 2.19. The van der Waals surface area contributed by atoms with Gasteiger partial charge in [-0.3, -0.25) is 14.9 Å². The molecule has 3 rings (SSSR count). The molecule has 0 aliphatic carbocycles. The molecule has 3 aromatic carbocycles. The molecule has 5 nitrogen and oxygen atoms in total. The van der Waals surface area contributed by atoms with Crippen LogP contribution in [0.2, 0.25) is 10.0 Å². The summed E-state index contributed by atoms with van der Waals surface area (Å²) in [7, 11) is 0. The molecule has 30 heavy (non-hydrogen) atoms. The topological polar surface area (TPSA) is 70.2 Å². The van der Waals surface area contributed by atoms with Crippen molar-refractivity contribution in [3.8, 4) is 0 Å². The largest absolute Gasteiger partial charge is 0.348 e. The van der Waals surface area contributed by atoms with E-state index in [1.54, 1.807) is 24.3 Å². The van der Waals surface area contributed by atoms with Crippen LogP contribution in [-0.4, -0.2) is 16.9 Å². The first-order chi connectivity index (χ1) is 14.4. The van der Waals surface area contributed by atoms with Gasteiger partial charge in [-0.05, 0) is 54.2 Å². The summed E-state index contributed by atoms with van der Waals surface area (Å²) in [6, 6.07) is 20.9. The highest BCUT2D eigenvalue weighted by molar-refractivity contribution is 7.80. The molecule has 8 heteroatoms. The van der Waals surface area contributed by atoms with Gasteiger partial charge in [0.1, 0.15) is 0 Å². The van der Waals surface area contributed by atoms with Gasteiger partial charge in [0.15, 0.2) is 5.11 Å². The molecule has 0 spiro atoms. The number of amides is 2. The Balaban J connectivity index is 1.59. The van der Waals surface area contributed by atoms with Crippen molar-refractivity contribution in [2.24, 2.45) is 0 Å². The number of nitrogens with one attached hydrogen (secondary N) is 3. The Morgan fingerprint density at radius 2 is 1.50 bits per heavy atom. The highest BCUT2D eigenvalue weighted by Gasteiger charge is 2.11. The highest BCUT2D eigenvalue weighted by atomic mass is 35.5. The van der Waals surface area contributed by atoms with E-state index in [2.05, 4.69) is 16.0 Å². The molecule has 0 aliphatic heterocycles. The van der Waals surface area contributed by atoms with Gasteiger partial charge in [0.2, 0.25) is 0 Å². The van der Waals surface area contributed by atoms with Gasteiger partial charge in [-0.1, -0.05) is 59.6 Å². The van der Waals surface area contributed by atoms with Crippen molar-refractivity contribution < 1.29 is 9.59 Å². The normalized spacial score (nSPS) is 10.2. The molecule has 0 bridgehead atoms. The Bertz CT molecular complexity index is 1070. The number of hydrogen-bond donors (Lipinski definition) is 3. The van der Waals surface area contributed by atoms with E-state index >= 15 is 0 Å². The number of carbonyl (C=O) groups excluding carboxylic acids is 2. The number of hydrogen-bond acceptors (Lipinski definition) is 3. The molecule has 0 aromatic heterocycles. The minimum absolute atomic E-state index is 0.0814. The summed E-state index contributed by atoms with van der Waals surface area (Å²) in [5.74, 6) is -0.667. The van der Waals surface area contributed by atoms with Gasteiger partial charge in [-0.2, -0.15) is 0 Å². The summed E-state index contributed by atoms with van der Waals surface area (Å²) in [5.41, 5.74) is 2.32. The zero-order chi connectivity index (χ0) is 21.5. The minimum Gasteiger partial charge on any atom is -0.348 e. The van der Waals surface area contributed by atoms with Crippen molar-refractivity contribution in [1.82, 2.24) is 10.6 Å². The monoisotopic (exact) mass is 457 g/mol. The van der Waals surface area contributed by atoms with E-state index in [0.717, 1.165) is 5.56 Å². The quantitative estimate of drug-likeness (QED) is 0.468. The molecule has 0 saturated carbocycles. The van der Waals surface area contributed by atoms with E-state index in [4.69, 9.17) is 35.4 Å². The predicted molar refractivity (Wildman–Crippen MR) is 124 cm³/mol. The van der Waals surface area contributed by atoms with Crippen LogP contribution >= 0.6 is 35.4 Å². The first kappa shape index (κ1) is 21.8. The zero-order valence-electron chi connectivity index (χ0n) is 15.6. The predicted octanol–water partition coefficient (Wildman–Crippen LogP) is 5.05. The number of rotatable bonds is 5. The van der Waals surface area contributed by atoms with E-state index in [9.17, 15) is 9.59 Å². The van der Waals surface area contributed by atoms with Gasteiger partial charge in [-0.15, -0.1) is 0 Å². The lowest BCUT2D eigenvalue weighted by Gasteiger charge is -2.11. The van der Waals surface area contributed by atoms with Crippen molar-refractivity contribution >= 4 is 58.0 Å². The molecule has 0 fully saturated rings. The first-order valence-electron chi connectivity index (χ1n) is 8.91.